The van der Waals surface area contributed by atoms with Crippen molar-refractivity contribution in [2.24, 2.45) is 0 Å². The maximum Gasteiger partial charge on any atom is 0.276 e. The average molecular weight is 239 g/mol. The summed E-state index contributed by atoms with van der Waals surface area (Å²) in [5.74, 6) is 0. The highest BCUT2D eigenvalue weighted by Gasteiger charge is 2.07. The normalized spacial score (nSPS) is 10.9. The molecule has 0 fully saturated rings. The SMILES string of the molecule is Cc1ccccc1Cn1[nH]c2ncccc2c1=O. The summed E-state index contributed by atoms with van der Waals surface area (Å²) in [4.78, 5) is 16.3. The number of hydrogen-bond donors (Lipinski definition) is 1. The first kappa shape index (κ1) is 10.8. The van der Waals surface area contributed by atoms with Gasteiger partial charge in [-0.05, 0) is 30.2 Å². The quantitative estimate of drug-likeness (QED) is 0.744. The molecule has 0 amide bonds. The van der Waals surface area contributed by atoms with Gasteiger partial charge in [0, 0.05) is 6.20 Å². The first-order valence-electron chi connectivity index (χ1n) is 5.84. The van der Waals surface area contributed by atoms with Crippen molar-refractivity contribution in [2.75, 3.05) is 0 Å². The predicted octanol–water partition coefficient (Wildman–Crippen LogP) is 2.08. The van der Waals surface area contributed by atoms with Crippen molar-refractivity contribution in [3.8, 4) is 0 Å². The average Bonchev–Trinajstić information content (AvgIpc) is 2.70. The van der Waals surface area contributed by atoms with Crippen molar-refractivity contribution in [3.05, 3.63) is 64.1 Å². The first-order valence-corrected chi connectivity index (χ1v) is 5.84. The number of aryl methyl sites for hydroxylation is 1. The molecule has 1 aromatic carbocycles. The van der Waals surface area contributed by atoms with E-state index in [-0.39, 0.29) is 5.56 Å². The van der Waals surface area contributed by atoms with Crippen molar-refractivity contribution in [3.63, 3.8) is 0 Å². The van der Waals surface area contributed by atoms with E-state index in [0.717, 1.165) is 5.56 Å². The van der Waals surface area contributed by atoms with Gasteiger partial charge in [0.15, 0.2) is 5.65 Å². The second-order valence-electron chi connectivity index (χ2n) is 4.33. The van der Waals surface area contributed by atoms with Crippen LogP contribution in [0.5, 0.6) is 0 Å². The van der Waals surface area contributed by atoms with Crippen molar-refractivity contribution in [1.29, 1.82) is 0 Å². The van der Waals surface area contributed by atoms with Crippen LogP contribution in [-0.4, -0.2) is 14.8 Å². The summed E-state index contributed by atoms with van der Waals surface area (Å²) in [6.07, 6.45) is 1.68. The summed E-state index contributed by atoms with van der Waals surface area (Å²) in [5.41, 5.74) is 2.92. The Bertz CT molecular complexity index is 755. The molecule has 4 nitrogen and oxygen atoms in total. The highest BCUT2D eigenvalue weighted by Crippen LogP contribution is 2.09. The van der Waals surface area contributed by atoms with Crippen LogP contribution in [0.4, 0.5) is 0 Å². The Morgan fingerprint density at radius 2 is 2.06 bits per heavy atom. The zero-order chi connectivity index (χ0) is 12.5. The second-order valence-corrected chi connectivity index (χ2v) is 4.33. The van der Waals surface area contributed by atoms with Gasteiger partial charge in [-0.25, -0.2) is 9.67 Å². The standard InChI is InChI=1S/C14H13N3O/c1-10-5-2-3-6-11(10)9-17-14(18)12-7-4-8-15-13(12)16-17/h2-8H,9H2,1H3,(H,15,16). The van der Waals surface area contributed by atoms with Crippen LogP contribution in [0.2, 0.25) is 0 Å². The van der Waals surface area contributed by atoms with Gasteiger partial charge in [-0.2, -0.15) is 0 Å². The number of nitrogens with one attached hydrogen (secondary N) is 1. The van der Waals surface area contributed by atoms with Gasteiger partial charge in [-0.3, -0.25) is 9.89 Å². The number of pyridine rings is 1. The lowest BCUT2D eigenvalue weighted by Crippen LogP contribution is -2.17. The van der Waals surface area contributed by atoms with E-state index in [0.29, 0.717) is 17.6 Å². The van der Waals surface area contributed by atoms with Gasteiger partial charge < -0.3 is 0 Å². The smallest absolute Gasteiger partial charge is 0.276 e. The summed E-state index contributed by atoms with van der Waals surface area (Å²) in [6, 6.07) is 11.6. The van der Waals surface area contributed by atoms with E-state index < -0.39 is 0 Å². The van der Waals surface area contributed by atoms with Crippen LogP contribution in [0.15, 0.2) is 47.4 Å². The zero-order valence-corrected chi connectivity index (χ0v) is 10.1. The summed E-state index contributed by atoms with van der Waals surface area (Å²) < 4.78 is 1.60. The molecule has 0 aliphatic rings. The number of H-pyrrole nitrogens is 1. The first-order chi connectivity index (χ1) is 8.75. The number of benzene rings is 1. The lowest BCUT2D eigenvalue weighted by Gasteiger charge is -2.05. The molecule has 4 heteroatoms. The van der Waals surface area contributed by atoms with Crippen LogP contribution in [0, 0.1) is 6.92 Å². The lowest BCUT2D eigenvalue weighted by molar-refractivity contribution is 0.667. The molecule has 0 unspecified atom stereocenters. The number of hydrogen-bond acceptors (Lipinski definition) is 2. The number of rotatable bonds is 2. The van der Waals surface area contributed by atoms with Crippen LogP contribution in [-0.2, 0) is 6.54 Å². The van der Waals surface area contributed by atoms with Gasteiger partial charge in [-0.15, -0.1) is 0 Å². The molecule has 90 valence electrons. The molecule has 18 heavy (non-hydrogen) atoms. The van der Waals surface area contributed by atoms with Crippen LogP contribution in [0.25, 0.3) is 11.0 Å². The largest absolute Gasteiger partial charge is 0.278 e. The molecule has 0 atom stereocenters. The fourth-order valence-corrected chi connectivity index (χ4v) is 2.06. The minimum Gasteiger partial charge on any atom is -0.278 e. The molecule has 0 spiro atoms. The number of aromatic amines is 1. The fourth-order valence-electron chi connectivity index (χ4n) is 2.06. The molecule has 0 aliphatic carbocycles. The van der Waals surface area contributed by atoms with Crippen molar-refractivity contribution in [1.82, 2.24) is 14.8 Å². The van der Waals surface area contributed by atoms with Crippen LogP contribution >= 0.6 is 0 Å². The molecule has 0 bridgehead atoms. The van der Waals surface area contributed by atoms with Crippen molar-refractivity contribution in [2.45, 2.75) is 13.5 Å². The molecular weight excluding hydrogens is 226 g/mol. The molecule has 0 radical (unpaired) electrons. The Balaban J connectivity index is 2.09. The second kappa shape index (κ2) is 4.14. The maximum atomic E-state index is 12.1. The molecule has 1 N–H and O–H groups in total. The maximum absolute atomic E-state index is 12.1. The Kier molecular flexibility index (Phi) is 2.48. The summed E-state index contributed by atoms with van der Waals surface area (Å²) in [5, 5.41) is 3.66. The molecule has 0 saturated heterocycles. The monoisotopic (exact) mass is 239 g/mol. The van der Waals surface area contributed by atoms with Crippen LogP contribution in [0.1, 0.15) is 11.1 Å². The van der Waals surface area contributed by atoms with Crippen LogP contribution in [0.3, 0.4) is 0 Å². The van der Waals surface area contributed by atoms with E-state index in [2.05, 4.69) is 10.1 Å². The molecule has 2 aromatic heterocycles. The lowest BCUT2D eigenvalue weighted by atomic mass is 10.1. The fraction of sp³-hybridized carbons (Fsp3) is 0.143. The van der Waals surface area contributed by atoms with Gasteiger partial charge in [0.1, 0.15) is 0 Å². The van der Waals surface area contributed by atoms with Gasteiger partial charge in [0.05, 0.1) is 11.9 Å². The van der Waals surface area contributed by atoms with E-state index >= 15 is 0 Å². The van der Waals surface area contributed by atoms with E-state index in [1.807, 2.05) is 31.2 Å². The molecule has 0 aliphatic heterocycles. The van der Waals surface area contributed by atoms with Gasteiger partial charge >= 0.3 is 0 Å². The Labute approximate surface area is 104 Å². The van der Waals surface area contributed by atoms with Gasteiger partial charge in [0.25, 0.3) is 5.56 Å². The number of nitrogens with zero attached hydrogens (tertiary/aromatic N) is 2. The minimum atomic E-state index is -0.0265. The summed E-state index contributed by atoms with van der Waals surface area (Å²) in [7, 11) is 0. The summed E-state index contributed by atoms with van der Waals surface area (Å²) in [6.45, 7) is 2.59. The number of fused-ring (bicyclic) bond motifs is 1. The van der Waals surface area contributed by atoms with Gasteiger partial charge in [0.2, 0.25) is 0 Å². The summed E-state index contributed by atoms with van der Waals surface area (Å²) >= 11 is 0. The highest BCUT2D eigenvalue weighted by molar-refractivity contribution is 5.73. The predicted molar refractivity (Wildman–Crippen MR) is 70.6 cm³/mol. The van der Waals surface area contributed by atoms with E-state index in [9.17, 15) is 4.79 Å². The van der Waals surface area contributed by atoms with E-state index in [4.69, 9.17) is 0 Å². The Hall–Kier alpha value is -2.36. The van der Waals surface area contributed by atoms with Crippen LogP contribution < -0.4 is 5.56 Å². The topological polar surface area (TPSA) is 50.7 Å². The van der Waals surface area contributed by atoms with Crippen molar-refractivity contribution >= 4 is 11.0 Å². The Morgan fingerprint density at radius 3 is 2.83 bits per heavy atom. The molecule has 2 heterocycles. The zero-order valence-electron chi connectivity index (χ0n) is 10.1. The number of aromatic nitrogens is 3. The third kappa shape index (κ3) is 1.72. The third-order valence-electron chi connectivity index (χ3n) is 3.11. The molecular formula is C14H13N3O. The molecule has 0 saturated carbocycles. The Morgan fingerprint density at radius 1 is 1.22 bits per heavy atom. The third-order valence-corrected chi connectivity index (χ3v) is 3.11. The van der Waals surface area contributed by atoms with E-state index in [1.165, 1.54) is 5.56 Å². The van der Waals surface area contributed by atoms with Crippen molar-refractivity contribution < 1.29 is 0 Å². The molecule has 3 aromatic rings. The minimum absolute atomic E-state index is 0.0265. The molecule has 3 rings (SSSR count). The van der Waals surface area contributed by atoms with E-state index in [1.54, 1.807) is 23.0 Å². The highest BCUT2D eigenvalue weighted by atomic mass is 16.1. The van der Waals surface area contributed by atoms with Gasteiger partial charge in [-0.1, -0.05) is 24.3 Å².